The predicted octanol–water partition coefficient (Wildman–Crippen LogP) is -1.23. The lowest BCUT2D eigenvalue weighted by atomic mass is 10.0. The van der Waals surface area contributed by atoms with E-state index in [0.717, 1.165) is 16.4 Å². The zero-order valence-electron chi connectivity index (χ0n) is 18.1. The molecule has 16 heteroatoms. The summed E-state index contributed by atoms with van der Waals surface area (Å²) in [7, 11) is 1.24. The van der Waals surface area contributed by atoms with Crippen molar-refractivity contribution in [2.75, 3.05) is 23.9 Å². The Morgan fingerprint density at radius 1 is 1.49 bits per heavy atom. The largest absolute Gasteiger partial charge is 0.477 e. The van der Waals surface area contributed by atoms with Crippen molar-refractivity contribution in [1.29, 1.82) is 0 Å². The monoisotopic (exact) mass is 519 g/mol. The van der Waals surface area contributed by atoms with Crippen LogP contribution >= 0.6 is 23.3 Å². The number of aromatic nitrogens is 3. The topological polar surface area (TPSA) is 193 Å². The van der Waals surface area contributed by atoms with Crippen LogP contribution in [0.4, 0.5) is 10.8 Å². The molecular weight excluding hydrogens is 500 g/mol. The molecule has 0 radical (unpaired) electrons. The van der Waals surface area contributed by atoms with E-state index in [-0.39, 0.29) is 28.9 Å². The summed E-state index contributed by atoms with van der Waals surface area (Å²) in [6.45, 7) is 0.193. The fourth-order valence-electron chi connectivity index (χ4n) is 3.62. The van der Waals surface area contributed by atoms with Gasteiger partial charge >= 0.3 is 5.97 Å². The van der Waals surface area contributed by atoms with E-state index in [0.29, 0.717) is 23.4 Å². The Hall–Kier alpha value is -4.05. The first-order valence-corrected chi connectivity index (χ1v) is 11.8. The number of β-lactam (4-membered cyclic amide) rings is 1. The summed E-state index contributed by atoms with van der Waals surface area (Å²) >= 11 is 2.19. The van der Waals surface area contributed by atoms with Gasteiger partial charge in [-0.15, -0.1) is 11.8 Å². The molecule has 0 saturated carbocycles. The Labute approximate surface area is 206 Å². The lowest BCUT2D eigenvalue weighted by Crippen LogP contribution is -2.71. The summed E-state index contributed by atoms with van der Waals surface area (Å²) in [5, 5.41) is 18.1. The molecule has 4 heterocycles. The molecule has 1 unspecified atom stereocenters. The van der Waals surface area contributed by atoms with Crippen LogP contribution in [0.3, 0.4) is 0 Å². The van der Waals surface area contributed by atoms with Crippen molar-refractivity contribution in [3.8, 4) is 0 Å². The van der Waals surface area contributed by atoms with E-state index in [1.807, 2.05) is 0 Å². The van der Waals surface area contributed by atoms with Gasteiger partial charge in [-0.05, 0) is 6.07 Å². The Balaban J connectivity index is 1.53. The minimum absolute atomic E-state index is 0.0523. The van der Waals surface area contributed by atoms with Gasteiger partial charge in [-0.25, -0.2) is 4.79 Å². The summed E-state index contributed by atoms with van der Waals surface area (Å²) in [6.07, 6.45) is 3.91. The van der Waals surface area contributed by atoms with Gasteiger partial charge < -0.3 is 26.3 Å². The fraction of sp³-hybridized carbons (Fsp3) is 0.263. The third-order valence-corrected chi connectivity index (χ3v) is 6.93. The van der Waals surface area contributed by atoms with E-state index in [1.54, 1.807) is 29.1 Å². The summed E-state index contributed by atoms with van der Waals surface area (Å²) in [6, 6.07) is 2.41. The normalized spacial score (nSPS) is 19.5. The molecule has 2 aliphatic rings. The molecule has 182 valence electrons. The van der Waals surface area contributed by atoms with E-state index in [2.05, 4.69) is 25.1 Å². The quantitative estimate of drug-likeness (QED) is 0.102. The number of nitrogens with zero attached hydrogens (tertiary/aromatic N) is 5. The lowest BCUT2D eigenvalue weighted by molar-refractivity contribution is -0.688. The van der Waals surface area contributed by atoms with Crippen molar-refractivity contribution < 1.29 is 33.7 Å². The maximum Gasteiger partial charge on any atom is 0.352 e. The van der Waals surface area contributed by atoms with Crippen LogP contribution in [0.5, 0.6) is 0 Å². The van der Waals surface area contributed by atoms with E-state index in [1.165, 1.54) is 18.9 Å². The van der Waals surface area contributed by atoms with Crippen LogP contribution < -0.4 is 20.9 Å². The van der Waals surface area contributed by atoms with Gasteiger partial charge in [0.2, 0.25) is 17.9 Å². The number of nitrogens with two attached hydrogens (primary N) is 1. The molecule has 2 aliphatic heterocycles. The molecule has 4 rings (SSSR count). The summed E-state index contributed by atoms with van der Waals surface area (Å²) in [4.78, 5) is 58.3. The van der Waals surface area contributed by atoms with E-state index in [4.69, 9.17) is 10.6 Å². The number of fused-ring (bicyclic) bond motifs is 1. The lowest BCUT2D eigenvalue weighted by Gasteiger charge is -2.49. The zero-order valence-corrected chi connectivity index (χ0v) is 19.7. The van der Waals surface area contributed by atoms with Gasteiger partial charge in [-0.3, -0.25) is 19.3 Å². The molecule has 2 atom stereocenters. The highest BCUT2D eigenvalue weighted by Gasteiger charge is 2.54. The molecule has 0 bridgehead atoms. The number of aliphatic carboxylic acids is 1. The number of carboxylic acids is 1. The first-order valence-electron chi connectivity index (χ1n) is 9.95. The number of amides is 3. The van der Waals surface area contributed by atoms with Crippen molar-refractivity contribution in [2.24, 2.45) is 5.16 Å². The van der Waals surface area contributed by atoms with Crippen molar-refractivity contribution in [3.63, 3.8) is 0 Å². The number of hydrogen-bond acceptors (Lipinski definition) is 11. The average Bonchev–Trinajstić information content (AvgIpc) is 3.26. The number of rotatable bonds is 9. The fourth-order valence-corrected chi connectivity index (χ4v) is 5.38. The number of anilines is 2. The number of pyridine rings is 1. The predicted molar refractivity (Wildman–Crippen MR) is 124 cm³/mol. The molecule has 35 heavy (non-hydrogen) atoms. The first kappa shape index (κ1) is 24.1. The van der Waals surface area contributed by atoms with Gasteiger partial charge in [0, 0.05) is 28.9 Å². The van der Waals surface area contributed by atoms with Crippen LogP contribution in [0.1, 0.15) is 5.82 Å². The molecule has 0 spiro atoms. The zero-order chi connectivity index (χ0) is 25.1. The van der Waals surface area contributed by atoms with Crippen LogP contribution in [0, 0.1) is 0 Å². The van der Waals surface area contributed by atoms with Gasteiger partial charge in [0.1, 0.15) is 29.9 Å². The maximum atomic E-state index is 12.9. The minimum atomic E-state index is -1.25. The highest BCUT2D eigenvalue weighted by Crippen LogP contribution is 2.40. The number of oxime groups is 1. The highest BCUT2D eigenvalue weighted by atomic mass is 32.2. The van der Waals surface area contributed by atoms with Crippen LogP contribution in [0.15, 0.2) is 41.0 Å². The number of thioether (sulfide) groups is 1. The molecule has 2 aromatic heterocycles. The van der Waals surface area contributed by atoms with Crippen LogP contribution in [-0.4, -0.2) is 73.5 Å². The van der Waals surface area contributed by atoms with E-state index < -0.39 is 29.2 Å². The molecule has 1 fully saturated rings. The third-order valence-electron chi connectivity index (χ3n) is 5.04. The number of hydrogen-bond donors (Lipinski definition) is 4. The molecular formula is C19H19N8O6S2+. The smallest absolute Gasteiger partial charge is 0.352 e. The number of carbonyl (C=O) groups excluding carboxylic acids is 3. The van der Waals surface area contributed by atoms with Crippen molar-refractivity contribution in [2.45, 2.75) is 18.0 Å². The average molecular weight is 520 g/mol. The van der Waals surface area contributed by atoms with Gasteiger partial charge in [0.15, 0.2) is 24.1 Å². The van der Waals surface area contributed by atoms with Gasteiger partial charge in [0.05, 0.1) is 0 Å². The second-order valence-electron chi connectivity index (χ2n) is 7.22. The van der Waals surface area contributed by atoms with Gasteiger partial charge in [-0.2, -0.15) is 13.9 Å². The summed E-state index contributed by atoms with van der Waals surface area (Å²) in [5.41, 5.74) is 6.22. The van der Waals surface area contributed by atoms with Gasteiger partial charge in [0.25, 0.3) is 11.8 Å². The SMILES string of the molecule is CON=C(C(=O)NC1C(=O)N2C(C(=O)O)=C(C[n+]3cccc(NC=O)c3)CS[C@@H]12)c1nsc(N)n1. The Morgan fingerprint density at radius 3 is 2.94 bits per heavy atom. The number of nitrogens with one attached hydrogen (secondary N) is 2. The molecule has 5 N–H and O–H groups in total. The van der Waals surface area contributed by atoms with Gasteiger partial charge in [-0.1, -0.05) is 5.16 Å². The van der Waals surface area contributed by atoms with Crippen LogP contribution in [0.2, 0.25) is 0 Å². The highest BCUT2D eigenvalue weighted by molar-refractivity contribution is 8.00. The Morgan fingerprint density at radius 2 is 2.29 bits per heavy atom. The van der Waals surface area contributed by atoms with Crippen molar-refractivity contribution in [1.82, 2.24) is 19.6 Å². The summed E-state index contributed by atoms with van der Waals surface area (Å²) in [5.74, 6) is -2.33. The Kier molecular flexibility index (Phi) is 6.92. The maximum absolute atomic E-state index is 12.9. The minimum Gasteiger partial charge on any atom is -0.477 e. The van der Waals surface area contributed by atoms with Crippen LogP contribution in [0.25, 0.3) is 0 Å². The standard InChI is InChI=1S/C19H18N8O6S2/c1-33-24-11(14-23-19(20)35-25-14)15(29)22-12-16(30)27-13(18(31)32)9(7-34-17(12)27)5-26-4-2-3-10(6-26)21-8-28/h2-4,6,8,12,17H,5,7H2,1H3,(H4-,20,21,22,23,25,28,29,31,32)/p+1/t12?,17-/m0/s1. The Bertz CT molecular complexity index is 1260. The van der Waals surface area contributed by atoms with E-state index in [9.17, 15) is 24.3 Å². The number of carbonyl (C=O) groups is 4. The molecule has 2 aromatic rings. The first-order chi connectivity index (χ1) is 16.8. The van der Waals surface area contributed by atoms with E-state index >= 15 is 0 Å². The number of carboxylic acid groups (broad SMARTS) is 1. The molecule has 3 amide bonds. The second-order valence-corrected chi connectivity index (χ2v) is 9.11. The van der Waals surface area contributed by atoms with Crippen molar-refractivity contribution >= 4 is 64.0 Å². The second kappa shape index (κ2) is 10.1. The molecule has 0 aromatic carbocycles. The van der Waals surface area contributed by atoms with Crippen molar-refractivity contribution in [3.05, 3.63) is 41.6 Å². The number of nitrogen functional groups attached to an aromatic ring is 1. The molecule has 14 nitrogen and oxygen atoms in total. The third kappa shape index (κ3) is 4.78. The molecule has 0 aliphatic carbocycles. The summed E-state index contributed by atoms with van der Waals surface area (Å²) < 4.78 is 5.64. The molecule has 1 saturated heterocycles. The van der Waals surface area contributed by atoms with Crippen LogP contribution in [-0.2, 0) is 30.6 Å².